The van der Waals surface area contributed by atoms with Crippen molar-refractivity contribution in [3.63, 3.8) is 0 Å². The summed E-state index contributed by atoms with van der Waals surface area (Å²) in [6, 6.07) is 22.2. The summed E-state index contributed by atoms with van der Waals surface area (Å²) in [5, 5.41) is 12.4. The van der Waals surface area contributed by atoms with E-state index < -0.39 is 11.7 Å². The molecule has 0 saturated heterocycles. The number of para-hydroxylation sites is 1. The number of rotatable bonds is 4. The Balaban J connectivity index is 1.88. The third kappa shape index (κ3) is 3.46. The summed E-state index contributed by atoms with van der Waals surface area (Å²) in [5.74, 6) is -0.289. The number of amides is 1. The van der Waals surface area contributed by atoms with E-state index in [4.69, 9.17) is 16.3 Å². The highest BCUT2D eigenvalue weighted by molar-refractivity contribution is 14.1. The van der Waals surface area contributed by atoms with Gasteiger partial charge in [-0.2, -0.15) is 0 Å². The zero-order valence-corrected chi connectivity index (χ0v) is 18.6. The van der Waals surface area contributed by atoms with E-state index >= 15 is 0 Å². The molecule has 2 unspecified atom stereocenters. The number of fused-ring (bicyclic) bond motifs is 1. The van der Waals surface area contributed by atoms with E-state index in [9.17, 15) is 9.90 Å². The van der Waals surface area contributed by atoms with Crippen molar-refractivity contribution in [3.05, 3.63) is 98.1 Å². The molecule has 0 aromatic heterocycles. The predicted octanol–water partition coefficient (Wildman–Crippen LogP) is 4.74. The van der Waals surface area contributed by atoms with Crippen LogP contribution in [-0.2, 0) is 21.7 Å². The maximum atomic E-state index is 13.5. The van der Waals surface area contributed by atoms with Crippen LogP contribution in [0.4, 0.5) is 5.69 Å². The number of benzene rings is 3. The summed E-state index contributed by atoms with van der Waals surface area (Å²) < 4.78 is 6.65. The second-order valence-corrected chi connectivity index (χ2v) is 8.52. The Kier molecular flexibility index (Phi) is 5.66. The highest BCUT2D eigenvalue weighted by Crippen LogP contribution is 2.45. The molecular weight excluding hydrogens is 501 g/mol. The van der Waals surface area contributed by atoms with Crippen LogP contribution in [0.15, 0.2) is 72.8 Å². The van der Waals surface area contributed by atoms with Crippen LogP contribution < -0.4 is 4.90 Å². The molecule has 2 atom stereocenters. The Bertz CT molecular complexity index is 1060. The summed E-state index contributed by atoms with van der Waals surface area (Å²) >= 11 is 8.30. The summed E-state index contributed by atoms with van der Waals surface area (Å²) in [5.41, 5.74) is 1.27. The number of anilines is 1. The number of halogens is 2. The van der Waals surface area contributed by atoms with E-state index in [1.165, 1.54) is 7.11 Å². The number of carbonyl (C=O) groups excluding carboxylic acids is 1. The lowest BCUT2D eigenvalue weighted by molar-refractivity contribution is -0.145. The van der Waals surface area contributed by atoms with Gasteiger partial charge in [0.15, 0.2) is 11.7 Å². The highest BCUT2D eigenvalue weighted by atomic mass is 127. The summed E-state index contributed by atoms with van der Waals surface area (Å²) in [4.78, 5) is 15.2. The van der Waals surface area contributed by atoms with Crippen LogP contribution in [0.25, 0.3) is 0 Å². The zero-order chi connectivity index (χ0) is 20.6. The third-order valence-corrected chi connectivity index (χ3v) is 6.59. The minimum atomic E-state index is -1.62. The van der Waals surface area contributed by atoms with Crippen LogP contribution in [0.5, 0.6) is 0 Å². The van der Waals surface area contributed by atoms with Crippen molar-refractivity contribution in [2.45, 2.75) is 18.2 Å². The molecule has 1 amide bonds. The van der Waals surface area contributed by atoms with Crippen LogP contribution in [0, 0.1) is 3.57 Å². The number of ether oxygens (including phenoxy) is 1. The number of aliphatic hydroxyl groups is 1. The van der Waals surface area contributed by atoms with Crippen molar-refractivity contribution < 1.29 is 14.6 Å². The average molecular weight is 520 g/mol. The lowest BCUT2D eigenvalue weighted by Gasteiger charge is -2.44. The normalized spacial score (nSPS) is 21.2. The van der Waals surface area contributed by atoms with Gasteiger partial charge in [-0.25, -0.2) is 0 Å². The first-order valence-corrected chi connectivity index (χ1v) is 10.6. The Hall–Kier alpha value is -1.93. The number of nitrogens with zero attached hydrogens (tertiary/aromatic N) is 1. The zero-order valence-electron chi connectivity index (χ0n) is 15.7. The van der Waals surface area contributed by atoms with Gasteiger partial charge in [0.2, 0.25) is 0 Å². The van der Waals surface area contributed by atoms with E-state index in [2.05, 4.69) is 22.6 Å². The minimum absolute atomic E-state index is 0.289. The molecule has 1 N–H and O–H groups in total. The molecule has 29 heavy (non-hydrogen) atoms. The standard InChI is InChI=1S/C23H19ClINO3/c1-29-21-22(27)26(14-15-6-2-4-8-19(15)25)20-9-5-3-7-18(20)23(21,28)16-10-12-17(24)13-11-16/h2-13,21,28H,14H2,1H3. The predicted molar refractivity (Wildman–Crippen MR) is 122 cm³/mol. The molecule has 0 aliphatic carbocycles. The van der Waals surface area contributed by atoms with Gasteiger partial charge in [0.05, 0.1) is 12.2 Å². The van der Waals surface area contributed by atoms with E-state index in [1.54, 1.807) is 29.2 Å². The Labute approximate surface area is 188 Å². The van der Waals surface area contributed by atoms with Crippen molar-refractivity contribution >= 4 is 45.8 Å². The monoisotopic (exact) mass is 519 g/mol. The van der Waals surface area contributed by atoms with Gasteiger partial charge in [-0.05, 0) is 58.0 Å². The third-order valence-electron chi connectivity index (χ3n) is 5.28. The Morgan fingerprint density at radius 3 is 2.41 bits per heavy atom. The molecule has 3 aromatic rings. The minimum Gasteiger partial charge on any atom is -0.377 e. The molecule has 1 aliphatic heterocycles. The number of carbonyl (C=O) groups is 1. The second kappa shape index (κ2) is 8.07. The summed E-state index contributed by atoms with van der Waals surface area (Å²) in [7, 11) is 1.45. The number of hydrogen-bond donors (Lipinski definition) is 1. The van der Waals surface area contributed by atoms with E-state index in [-0.39, 0.29) is 5.91 Å². The summed E-state index contributed by atoms with van der Waals surface area (Å²) in [6.07, 6.45) is -1.08. The van der Waals surface area contributed by atoms with Crippen LogP contribution >= 0.6 is 34.2 Å². The van der Waals surface area contributed by atoms with Gasteiger partial charge in [-0.3, -0.25) is 4.79 Å². The van der Waals surface area contributed by atoms with Crippen LogP contribution in [0.3, 0.4) is 0 Å². The van der Waals surface area contributed by atoms with Gasteiger partial charge in [0.25, 0.3) is 5.91 Å². The fraction of sp³-hybridized carbons (Fsp3) is 0.174. The maximum absolute atomic E-state index is 13.5. The fourth-order valence-corrected chi connectivity index (χ4v) is 4.54. The molecule has 6 heteroatoms. The molecule has 0 fully saturated rings. The van der Waals surface area contributed by atoms with Crippen molar-refractivity contribution in [2.75, 3.05) is 12.0 Å². The SMILES string of the molecule is COC1C(=O)N(Cc2ccccc2I)c2ccccc2C1(O)c1ccc(Cl)cc1. The quantitative estimate of drug-likeness (QED) is 0.507. The van der Waals surface area contributed by atoms with Gasteiger partial charge in [0.1, 0.15) is 0 Å². The largest absolute Gasteiger partial charge is 0.377 e. The van der Waals surface area contributed by atoms with Crippen molar-refractivity contribution in [3.8, 4) is 0 Å². The smallest absolute Gasteiger partial charge is 0.260 e. The Morgan fingerprint density at radius 1 is 1.07 bits per heavy atom. The number of methoxy groups -OCH3 is 1. The molecule has 0 spiro atoms. The van der Waals surface area contributed by atoms with E-state index in [0.29, 0.717) is 28.4 Å². The molecule has 1 heterocycles. The Morgan fingerprint density at radius 2 is 1.72 bits per heavy atom. The highest BCUT2D eigenvalue weighted by Gasteiger charge is 2.52. The molecular formula is C23H19ClINO3. The molecule has 0 radical (unpaired) electrons. The van der Waals surface area contributed by atoms with Crippen LogP contribution in [0.1, 0.15) is 16.7 Å². The molecule has 4 rings (SSSR count). The van der Waals surface area contributed by atoms with Gasteiger partial charge < -0.3 is 14.7 Å². The molecule has 3 aromatic carbocycles. The van der Waals surface area contributed by atoms with Crippen LogP contribution in [-0.4, -0.2) is 24.2 Å². The molecule has 148 valence electrons. The van der Waals surface area contributed by atoms with Crippen molar-refractivity contribution in [1.29, 1.82) is 0 Å². The lowest BCUT2D eigenvalue weighted by atomic mass is 9.77. The topological polar surface area (TPSA) is 49.8 Å². The van der Waals surface area contributed by atoms with E-state index in [0.717, 1.165) is 9.13 Å². The van der Waals surface area contributed by atoms with E-state index in [1.807, 2.05) is 48.5 Å². The van der Waals surface area contributed by atoms with Gasteiger partial charge in [0, 0.05) is 21.3 Å². The second-order valence-electron chi connectivity index (χ2n) is 6.92. The van der Waals surface area contributed by atoms with Gasteiger partial charge >= 0.3 is 0 Å². The first kappa shape index (κ1) is 20.3. The molecule has 0 bridgehead atoms. The van der Waals surface area contributed by atoms with Gasteiger partial charge in [-0.15, -0.1) is 0 Å². The van der Waals surface area contributed by atoms with Crippen molar-refractivity contribution in [1.82, 2.24) is 0 Å². The van der Waals surface area contributed by atoms with Crippen LogP contribution in [0.2, 0.25) is 5.02 Å². The first-order valence-electron chi connectivity index (χ1n) is 9.12. The van der Waals surface area contributed by atoms with Gasteiger partial charge in [-0.1, -0.05) is 60.1 Å². The first-order chi connectivity index (χ1) is 14.0. The fourth-order valence-electron chi connectivity index (χ4n) is 3.85. The molecule has 4 nitrogen and oxygen atoms in total. The summed E-state index contributed by atoms with van der Waals surface area (Å²) in [6.45, 7) is 0.394. The average Bonchev–Trinajstić information content (AvgIpc) is 2.73. The molecule has 0 saturated carbocycles. The molecule has 1 aliphatic rings. The maximum Gasteiger partial charge on any atom is 0.260 e. The lowest BCUT2D eigenvalue weighted by Crippen LogP contribution is -2.57. The number of hydrogen-bond acceptors (Lipinski definition) is 3. The van der Waals surface area contributed by atoms with Crippen molar-refractivity contribution in [2.24, 2.45) is 0 Å².